The maximum Gasteiger partial charge on any atom is 0.331 e. The molecule has 0 aliphatic rings. The second kappa shape index (κ2) is 9.69. The Bertz CT molecular complexity index is 1010. The molecule has 4 heteroatoms. The predicted octanol–water partition coefficient (Wildman–Crippen LogP) is 5.92. The smallest absolute Gasteiger partial charge is 0.331 e. The number of halogens is 1. The largest absolute Gasteiger partial charge is 0.458 e. The highest BCUT2D eigenvalue weighted by Crippen LogP contribution is 2.19. The topological polar surface area (TPSA) is 38.7 Å². The Morgan fingerprint density at radius 3 is 1.97 bits per heavy atom. The summed E-state index contributed by atoms with van der Waals surface area (Å²) in [7, 11) is 0. The van der Waals surface area contributed by atoms with Gasteiger partial charge < -0.3 is 4.74 Å². The van der Waals surface area contributed by atoms with E-state index >= 15 is 0 Å². The maximum absolute atomic E-state index is 14.1. The number of aliphatic imine (C=N–C) groups is 1. The fourth-order valence-corrected chi connectivity index (χ4v) is 3.20. The number of carbonyl (C=O) groups excluding carboxylic acids is 1. The Balaban J connectivity index is 2.07. The van der Waals surface area contributed by atoms with Gasteiger partial charge in [-0.25, -0.2) is 9.18 Å². The molecule has 31 heavy (non-hydrogen) atoms. The van der Waals surface area contributed by atoms with Gasteiger partial charge in [-0.1, -0.05) is 72.8 Å². The lowest BCUT2D eigenvalue weighted by atomic mass is 10.00. The van der Waals surface area contributed by atoms with Crippen LogP contribution in [0.2, 0.25) is 0 Å². The van der Waals surface area contributed by atoms with Gasteiger partial charge in [0, 0.05) is 17.5 Å². The minimum atomic E-state index is -0.809. The molecule has 160 valence electrons. The Kier molecular flexibility index (Phi) is 7.01. The summed E-state index contributed by atoms with van der Waals surface area (Å²) in [5.74, 6) is -0.728. The van der Waals surface area contributed by atoms with Crippen molar-refractivity contribution in [2.24, 2.45) is 4.99 Å². The number of rotatable bonds is 6. The second-order valence-electron chi connectivity index (χ2n) is 8.55. The zero-order valence-corrected chi connectivity index (χ0v) is 18.4. The number of benzene rings is 3. The molecule has 0 fully saturated rings. The molecule has 0 spiro atoms. The van der Waals surface area contributed by atoms with Gasteiger partial charge in [-0.05, 0) is 44.9 Å². The third kappa shape index (κ3) is 6.35. The lowest BCUT2D eigenvalue weighted by Gasteiger charge is -2.23. The first-order valence-electron chi connectivity index (χ1n) is 10.4. The molecule has 3 aromatic carbocycles. The average Bonchev–Trinajstić information content (AvgIpc) is 2.73. The van der Waals surface area contributed by atoms with Gasteiger partial charge in [0.05, 0.1) is 5.71 Å². The summed E-state index contributed by atoms with van der Waals surface area (Å²) in [5.41, 5.74) is 3.11. The van der Waals surface area contributed by atoms with Crippen LogP contribution in [0.1, 0.15) is 43.0 Å². The van der Waals surface area contributed by atoms with E-state index in [1.165, 1.54) is 6.07 Å². The lowest BCUT2D eigenvalue weighted by Crippen LogP contribution is -2.33. The minimum absolute atomic E-state index is 0.245. The zero-order chi connectivity index (χ0) is 22.4. The molecule has 3 rings (SSSR count). The Hall–Kier alpha value is -3.27. The fourth-order valence-electron chi connectivity index (χ4n) is 3.20. The van der Waals surface area contributed by atoms with Gasteiger partial charge in [0.2, 0.25) is 0 Å². The summed E-state index contributed by atoms with van der Waals surface area (Å²) >= 11 is 0. The van der Waals surface area contributed by atoms with Crippen molar-refractivity contribution in [3.8, 4) is 0 Å². The first kappa shape index (κ1) is 22.4. The van der Waals surface area contributed by atoms with E-state index in [0.29, 0.717) is 16.8 Å². The van der Waals surface area contributed by atoms with E-state index in [1.807, 2.05) is 87.5 Å². The highest BCUT2D eigenvalue weighted by atomic mass is 19.1. The van der Waals surface area contributed by atoms with Crippen LogP contribution in [0, 0.1) is 12.7 Å². The third-order valence-corrected chi connectivity index (χ3v) is 4.72. The summed E-state index contributed by atoms with van der Waals surface area (Å²) in [6, 6.07) is 23.7. The van der Waals surface area contributed by atoms with Crippen LogP contribution < -0.4 is 0 Å². The number of hydrogen-bond acceptors (Lipinski definition) is 3. The molecular weight excluding hydrogens is 389 g/mol. The molecule has 0 radical (unpaired) electrons. The molecule has 0 heterocycles. The van der Waals surface area contributed by atoms with Crippen LogP contribution >= 0.6 is 0 Å². The van der Waals surface area contributed by atoms with Gasteiger partial charge in [-0.2, -0.15) is 0 Å². The van der Waals surface area contributed by atoms with Crippen LogP contribution in [0.25, 0.3) is 0 Å². The molecule has 0 aromatic heterocycles. The quantitative estimate of drug-likeness (QED) is 0.369. The summed E-state index contributed by atoms with van der Waals surface area (Å²) in [6.07, 6.45) is 0.245. The van der Waals surface area contributed by atoms with Gasteiger partial charge in [-0.3, -0.25) is 4.99 Å². The van der Waals surface area contributed by atoms with Crippen LogP contribution in [0.4, 0.5) is 4.39 Å². The van der Waals surface area contributed by atoms with Crippen molar-refractivity contribution in [3.63, 3.8) is 0 Å². The van der Waals surface area contributed by atoms with Crippen molar-refractivity contribution < 1.29 is 13.9 Å². The van der Waals surface area contributed by atoms with Gasteiger partial charge in [-0.15, -0.1) is 0 Å². The summed E-state index contributed by atoms with van der Waals surface area (Å²) in [6.45, 7) is 7.19. The van der Waals surface area contributed by atoms with E-state index in [-0.39, 0.29) is 12.2 Å². The van der Waals surface area contributed by atoms with Crippen LogP contribution in [0.3, 0.4) is 0 Å². The first-order valence-corrected chi connectivity index (χ1v) is 10.4. The fraction of sp³-hybridized carbons (Fsp3) is 0.259. The summed E-state index contributed by atoms with van der Waals surface area (Å²) < 4.78 is 19.8. The molecular formula is C27H28FNO2. The van der Waals surface area contributed by atoms with Crippen molar-refractivity contribution in [1.82, 2.24) is 0 Å². The Morgan fingerprint density at radius 2 is 1.48 bits per heavy atom. The van der Waals surface area contributed by atoms with Gasteiger partial charge in [0.15, 0.2) is 6.04 Å². The van der Waals surface area contributed by atoms with Crippen LogP contribution in [0.15, 0.2) is 83.9 Å². The third-order valence-electron chi connectivity index (χ3n) is 4.72. The highest BCUT2D eigenvalue weighted by Gasteiger charge is 2.26. The van der Waals surface area contributed by atoms with E-state index < -0.39 is 17.6 Å². The zero-order valence-electron chi connectivity index (χ0n) is 18.4. The second-order valence-corrected chi connectivity index (χ2v) is 8.55. The molecule has 0 aliphatic heterocycles. The predicted molar refractivity (Wildman–Crippen MR) is 123 cm³/mol. The van der Waals surface area contributed by atoms with E-state index in [2.05, 4.69) is 0 Å². The molecule has 0 amide bonds. The Morgan fingerprint density at radius 1 is 0.935 bits per heavy atom. The first-order chi connectivity index (χ1) is 14.7. The van der Waals surface area contributed by atoms with Gasteiger partial charge in [0.1, 0.15) is 11.4 Å². The minimum Gasteiger partial charge on any atom is -0.458 e. The lowest BCUT2D eigenvalue weighted by molar-refractivity contribution is -0.156. The highest BCUT2D eigenvalue weighted by molar-refractivity contribution is 6.13. The number of ether oxygens (including phenoxy) is 1. The van der Waals surface area contributed by atoms with Crippen molar-refractivity contribution in [1.29, 1.82) is 0 Å². The molecule has 3 aromatic rings. The molecule has 3 nitrogen and oxygen atoms in total. The summed E-state index contributed by atoms with van der Waals surface area (Å²) in [4.78, 5) is 18.0. The number of carbonyl (C=O) groups is 1. The molecule has 0 aliphatic carbocycles. The molecule has 0 bridgehead atoms. The van der Waals surface area contributed by atoms with E-state index in [1.54, 1.807) is 13.0 Å². The van der Waals surface area contributed by atoms with Crippen LogP contribution in [-0.2, 0) is 16.0 Å². The molecule has 0 unspecified atom stereocenters. The molecule has 0 saturated heterocycles. The normalized spacial score (nSPS) is 12.2. The van der Waals surface area contributed by atoms with Gasteiger partial charge >= 0.3 is 5.97 Å². The van der Waals surface area contributed by atoms with E-state index in [0.717, 1.165) is 11.1 Å². The van der Waals surface area contributed by atoms with Crippen molar-refractivity contribution in [2.75, 3.05) is 0 Å². The van der Waals surface area contributed by atoms with Crippen LogP contribution in [0.5, 0.6) is 0 Å². The van der Waals surface area contributed by atoms with Gasteiger partial charge in [0.25, 0.3) is 0 Å². The molecule has 0 saturated carbocycles. The molecule has 0 N–H and O–H groups in total. The van der Waals surface area contributed by atoms with Crippen molar-refractivity contribution in [3.05, 3.63) is 107 Å². The number of aryl methyl sites for hydroxylation is 1. The van der Waals surface area contributed by atoms with E-state index in [9.17, 15) is 9.18 Å². The standard InChI is InChI=1S/C27H28FNO2/c1-19-15-16-20(17-23(19)28)18-24(26(30)31-27(2,3)4)29-25(21-11-7-5-8-12-21)22-13-9-6-10-14-22/h5-17,24H,18H2,1-4H3/t24-/m0/s1. The number of esters is 1. The SMILES string of the molecule is Cc1ccc(C[C@H](N=C(c2ccccc2)c2ccccc2)C(=O)OC(C)(C)C)cc1F. The molecule has 1 atom stereocenters. The number of hydrogen-bond donors (Lipinski definition) is 0. The van der Waals surface area contributed by atoms with Crippen molar-refractivity contribution in [2.45, 2.75) is 45.8 Å². The van der Waals surface area contributed by atoms with E-state index in [4.69, 9.17) is 9.73 Å². The monoisotopic (exact) mass is 417 g/mol. The Labute approximate surface area is 183 Å². The van der Waals surface area contributed by atoms with Crippen LogP contribution in [-0.4, -0.2) is 23.3 Å². The van der Waals surface area contributed by atoms with Crippen molar-refractivity contribution >= 4 is 11.7 Å². The number of nitrogens with zero attached hydrogens (tertiary/aromatic N) is 1. The summed E-state index contributed by atoms with van der Waals surface area (Å²) in [5, 5.41) is 0. The average molecular weight is 418 g/mol. The maximum atomic E-state index is 14.1.